The predicted molar refractivity (Wildman–Crippen MR) is 116 cm³/mol. The molecule has 6 rings (SSSR count). The van der Waals surface area contributed by atoms with Crippen LogP contribution in [-0.2, 0) is 0 Å². The van der Waals surface area contributed by atoms with E-state index in [0.29, 0.717) is 0 Å². The first-order valence-electron chi connectivity index (χ1n) is 10.0. The largest absolute Gasteiger partial charge is 0.353 e. The second kappa shape index (κ2) is 6.64. The molecule has 0 amide bonds. The highest BCUT2D eigenvalue weighted by molar-refractivity contribution is 5.96. The van der Waals surface area contributed by atoms with Crippen LogP contribution in [0.15, 0.2) is 49.1 Å². The van der Waals surface area contributed by atoms with E-state index >= 15 is 0 Å². The summed E-state index contributed by atoms with van der Waals surface area (Å²) < 4.78 is 1.94. The molecule has 30 heavy (non-hydrogen) atoms. The molecule has 5 aromatic rings. The van der Waals surface area contributed by atoms with E-state index in [4.69, 9.17) is 4.98 Å². The lowest BCUT2D eigenvalue weighted by Crippen LogP contribution is -2.20. The van der Waals surface area contributed by atoms with Gasteiger partial charge in [0, 0.05) is 24.3 Å². The summed E-state index contributed by atoms with van der Waals surface area (Å²) in [7, 11) is 0. The van der Waals surface area contributed by atoms with Crippen molar-refractivity contribution in [2.45, 2.75) is 13.3 Å². The summed E-state index contributed by atoms with van der Waals surface area (Å²) in [5, 5.41) is 12.0. The summed E-state index contributed by atoms with van der Waals surface area (Å²) in [6.07, 6.45) is 8.76. The minimum atomic E-state index is 0.811. The maximum absolute atomic E-state index is 4.95. The molecule has 0 radical (unpaired) electrons. The van der Waals surface area contributed by atoms with Crippen molar-refractivity contribution < 1.29 is 0 Å². The number of nitrogens with one attached hydrogen (secondary N) is 3. The molecule has 5 aromatic heterocycles. The van der Waals surface area contributed by atoms with Crippen molar-refractivity contribution in [3.05, 3.63) is 60.5 Å². The Bertz CT molecular complexity index is 1420. The normalized spacial score (nSPS) is 14.5. The van der Waals surface area contributed by atoms with Crippen LogP contribution in [0.25, 0.3) is 44.7 Å². The highest BCUT2D eigenvalue weighted by atomic mass is 15.1. The molecule has 3 N–H and O–H groups in total. The fraction of sp³-hybridized carbons (Fsp3) is 0.182. The molecule has 0 saturated heterocycles. The molecule has 8 heteroatoms. The van der Waals surface area contributed by atoms with E-state index in [-0.39, 0.29) is 0 Å². The molecule has 0 atom stereocenters. The number of rotatable bonds is 3. The van der Waals surface area contributed by atoms with Gasteiger partial charge in [-0.2, -0.15) is 5.10 Å². The van der Waals surface area contributed by atoms with E-state index in [2.05, 4.69) is 54.7 Å². The van der Waals surface area contributed by atoms with Crippen molar-refractivity contribution in [3.63, 3.8) is 0 Å². The zero-order chi connectivity index (χ0) is 20.1. The van der Waals surface area contributed by atoms with E-state index < -0.39 is 0 Å². The topological polar surface area (TPSA) is 100 Å². The molecule has 0 fully saturated rings. The van der Waals surface area contributed by atoms with Crippen molar-refractivity contribution >= 4 is 27.5 Å². The lowest BCUT2D eigenvalue weighted by atomic mass is 10.0. The molecule has 8 nitrogen and oxygen atoms in total. The van der Waals surface area contributed by atoms with Crippen molar-refractivity contribution in [1.29, 1.82) is 0 Å². The number of pyridine rings is 2. The number of imidazole rings is 1. The van der Waals surface area contributed by atoms with Gasteiger partial charge in [0.25, 0.3) is 0 Å². The maximum atomic E-state index is 4.95. The van der Waals surface area contributed by atoms with Crippen molar-refractivity contribution in [1.82, 2.24) is 40.0 Å². The van der Waals surface area contributed by atoms with Crippen LogP contribution in [0.3, 0.4) is 0 Å². The third-order valence-electron chi connectivity index (χ3n) is 5.54. The molecular formula is C22H20N8. The molecule has 0 aromatic carbocycles. The van der Waals surface area contributed by atoms with Gasteiger partial charge < -0.3 is 10.3 Å². The number of aromatic nitrogens is 7. The van der Waals surface area contributed by atoms with Gasteiger partial charge in [-0.3, -0.25) is 9.67 Å². The number of fused-ring (bicyclic) bond motifs is 2. The standard InChI is InChI=1S/C22H20N8/c1-13-11-30(12-25-13)22-15-10-19(26-17(15)6-9-24-22)21-20-18(28-29-21)3-2-16(27-20)14-4-7-23-8-5-14/h2-4,6,9-12,23,26H,5,7-8H2,1H3,(H,28,29). The minimum absolute atomic E-state index is 0.811. The molecule has 0 bridgehead atoms. The second-order valence-corrected chi connectivity index (χ2v) is 7.55. The third-order valence-corrected chi connectivity index (χ3v) is 5.54. The minimum Gasteiger partial charge on any atom is -0.353 e. The van der Waals surface area contributed by atoms with Gasteiger partial charge in [-0.15, -0.1) is 0 Å². The van der Waals surface area contributed by atoms with E-state index in [0.717, 1.165) is 70.0 Å². The van der Waals surface area contributed by atoms with Gasteiger partial charge in [-0.1, -0.05) is 6.08 Å². The van der Waals surface area contributed by atoms with Gasteiger partial charge in [-0.05, 0) is 49.7 Å². The Labute approximate surface area is 172 Å². The highest BCUT2D eigenvalue weighted by Crippen LogP contribution is 2.31. The van der Waals surface area contributed by atoms with Gasteiger partial charge in [0.05, 0.1) is 28.1 Å². The van der Waals surface area contributed by atoms with Gasteiger partial charge in [0.2, 0.25) is 0 Å². The van der Waals surface area contributed by atoms with Crippen LogP contribution < -0.4 is 5.32 Å². The van der Waals surface area contributed by atoms with Gasteiger partial charge in [-0.25, -0.2) is 15.0 Å². The van der Waals surface area contributed by atoms with E-state index in [1.165, 1.54) is 5.57 Å². The van der Waals surface area contributed by atoms with Gasteiger partial charge in [0.15, 0.2) is 0 Å². The lowest BCUT2D eigenvalue weighted by Gasteiger charge is -2.13. The Kier molecular flexibility index (Phi) is 3.78. The summed E-state index contributed by atoms with van der Waals surface area (Å²) in [4.78, 5) is 17.3. The second-order valence-electron chi connectivity index (χ2n) is 7.55. The van der Waals surface area contributed by atoms with E-state index in [1.54, 1.807) is 12.5 Å². The molecule has 0 spiro atoms. The molecule has 6 heterocycles. The predicted octanol–water partition coefficient (Wildman–Crippen LogP) is 3.37. The van der Waals surface area contributed by atoms with Crippen LogP contribution >= 0.6 is 0 Å². The summed E-state index contributed by atoms with van der Waals surface area (Å²) in [5.74, 6) is 0.837. The van der Waals surface area contributed by atoms with E-state index in [9.17, 15) is 0 Å². The summed E-state index contributed by atoms with van der Waals surface area (Å²) in [6, 6.07) is 8.18. The first kappa shape index (κ1) is 17.1. The fourth-order valence-corrected chi connectivity index (χ4v) is 4.03. The molecule has 0 aliphatic carbocycles. The number of nitrogens with zero attached hydrogens (tertiary/aromatic N) is 5. The van der Waals surface area contributed by atoms with Crippen LogP contribution in [0, 0.1) is 6.92 Å². The summed E-state index contributed by atoms with van der Waals surface area (Å²) >= 11 is 0. The number of hydrogen-bond donors (Lipinski definition) is 3. The average molecular weight is 396 g/mol. The van der Waals surface area contributed by atoms with Crippen LogP contribution in [0.4, 0.5) is 0 Å². The van der Waals surface area contributed by atoms with Gasteiger partial charge >= 0.3 is 0 Å². The van der Waals surface area contributed by atoms with Crippen LogP contribution in [0.2, 0.25) is 0 Å². The van der Waals surface area contributed by atoms with Crippen LogP contribution in [0.5, 0.6) is 0 Å². The highest BCUT2D eigenvalue weighted by Gasteiger charge is 2.16. The molecule has 1 aliphatic rings. The monoisotopic (exact) mass is 396 g/mol. The number of aryl methyl sites for hydroxylation is 1. The molecule has 0 saturated carbocycles. The summed E-state index contributed by atoms with van der Waals surface area (Å²) in [6.45, 7) is 3.84. The molecule has 0 unspecified atom stereocenters. The Hall–Kier alpha value is -3.78. The number of H-pyrrole nitrogens is 2. The SMILES string of the molecule is Cc1cn(-c2nccc3[nH]c(-c4n[nH]c5ccc(C6=CCNCC6)nc45)cc23)cn1. The van der Waals surface area contributed by atoms with E-state index in [1.807, 2.05) is 23.8 Å². The number of aromatic amines is 2. The zero-order valence-corrected chi connectivity index (χ0v) is 16.5. The van der Waals surface area contributed by atoms with Crippen molar-refractivity contribution in [2.75, 3.05) is 13.1 Å². The Morgan fingerprint density at radius 2 is 2.07 bits per heavy atom. The van der Waals surface area contributed by atoms with Gasteiger partial charge in [0.1, 0.15) is 23.4 Å². The zero-order valence-electron chi connectivity index (χ0n) is 16.5. The smallest absolute Gasteiger partial charge is 0.147 e. The average Bonchev–Trinajstić information content (AvgIpc) is 3.51. The molecular weight excluding hydrogens is 376 g/mol. The fourth-order valence-electron chi connectivity index (χ4n) is 4.03. The Morgan fingerprint density at radius 1 is 1.10 bits per heavy atom. The first-order chi connectivity index (χ1) is 14.8. The Morgan fingerprint density at radius 3 is 2.90 bits per heavy atom. The van der Waals surface area contributed by atoms with Crippen molar-refractivity contribution in [2.24, 2.45) is 0 Å². The first-order valence-corrected chi connectivity index (χ1v) is 10.0. The summed E-state index contributed by atoms with van der Waals surface area (Å²) in [5.41, 5.74) is 7.75. The molecule has 1 aliphatic heterocycles. The van der Waals surface area contributed by atoms with Crippen LogP contribution in [0.1, 0.15) is 17.8 Å². The maximum Gasteiger partial charge on any atom is 0.147 e. The number of hydrogen-bond acceptors (Lipinski definition) is 5. The lowest BCUT2D eigenvalue weighted by molar-refractivity contribution is 0.737. The van der Waals surface area contributed by atoms with Crippen molar-refractivity contribution in [3.8, 4) is 17.2 Å². The van der Waals surface area contributed by atoms with Crippen LogP contribution in [-0.4, -0.2) is 47.8 Å². The molecule has 148 valence electrons. The Balaban J connectivity index is 1.49. The quantitative estimate of drug-likeness (QED) is 0.434. The third kappa shape index (κ3) is 2.73.